The molecule has 2 aromatic rings. The Labute approximate surface area is 220 Å². The van der Waals surface area contributed by atoms with E-state index in [0.29, 0.717) is 12.1 Å². The van der Waals surface area contributed by atoms with E-state index in [0.717, 1.165) is 24.0 Å². The molecule has 2 bridgehead atoms. The van der Waals surface area contributed by atoms with Gasteiger partial charge in [-0.05, 0) is 17.0 Å². The molecule has 0 N–H and O–H groups in total. The monoisotopic (exact) mass is 517 g/mol. The molecular weight excluding hydrogens is 481 g/mol. The molecule has 0 aromatic heterocycles. The van der Waals surface area contributed by atoms with Gasteiger partial charge in [-0.25, -0.2) is 4.79 Å². The number of halogens is 2. The lowest BCUT2D eigenvalue weighted by Crippen LogP contribution is -3.00. The molecule has 3 aliphatic heterocycles. The first kappa shape index (κ1) is 26.5. The molecule has 3 saturated heterocycles. The zero-order valence-electron chi connectivity index (χ0n) is 20.7. The lowest BCUT2D eigenvalue weighted by molar-refractivity contribution is -0.956. The third-order valence-electron chi connectivity index (χ3n) is 8.49. The van der Waals surface area contributed by atoms with Crippen molar-refractivity contribution in [2.75, 3.05) is 13.1 Å². The van der Waals surface area contributed by atoms with E-state index >= 15 is 0 Å². The fraction of sp³-hybridized carbons (Fsp3) is 0.552. The fourth-order valence-electron chi connectivity index (χ4n) is 6.78. The summed E-state index contributed by atoms with van der Waals surface area (Å²) >= 11 is 6.69. The predicted octanol–water partition coefficient (Wildman–Crippen LogP) is 3.02. The van der Waals surface area contributed by atoms with Crippen LogP contribution in [0.4, 0.5) is 0 Å². The van der Waals surface area contributed by atoms with E-state index in [4.69, 9.17) is 21.1 Å². The normalized spacial score (nSPS) is 25.9. The van der Waals surface area contributed by atoms with E-state index in [-0.39, 0.29) is 30.4 Å². The minimum atomic E-state index is -1.41. The minimum absolute atomic E-state index is 0. The quantitative estimate of drug-likeness (QED) is 0.321. The van der Waals surface area contributed by atoms with Crippen molar-refractivity contribution in [1.29, 1.82) is 0 Å². The van der Waals surface area contributed by atoms with Crippen molar-refractivity contribution in [3.05, 3.63) is 71.8 Å². The predicted molar refractivity (Wildman–Crippen MR) is 134 cm³/mol. The summed E-state index contributed by atoms with van der Waals surface area (Å²) in [5.74, 6) is -0.318. The maximum atomic E-state index is 14.2. The van der Waals surface area contributed by atoms with Gasteiger partial charge in [0.15, 0.2) is 0 Å². The van der Waals surface area contributed by atoms with Crippen LogP contribution in [0.1, 0.15) is 63.5 Å². The summed E-state index contributed by atoms with van der Waals surface area (Å²) in [6, 6.07) is 20.6. The Kier molecular flexibility index (Phi) is 8.17. The van der Waals surface area contributed by atoms with Gasteiger partial charge in [-0.15, -0.1) is 0 Å². The topological polar surface area (TPSA) is 35.5 Å². The minimum Gasteiger partial charge on any atom is -1.00 e. The van der Waals surface area contributed by atoms with Crippen molar-refractivity contribution in [3.8, 4) is 0 Å². The first-order valence-corrected chi connectivity index (χ1v) is 13.4. The van der Waals surface area contributed by atoms with Crippen LogP contribution in [0.25, 0.3) is 0 Å². The molecule has 2 aromatic carbocycles. The first-order valence-electron chi connectivity index (χ1n) is 13.0. The number of nitrogens with zero attached hydrogens (tertiary/aromatic N) is 1. The van der Waals surface area contributed by atoms with Crippen LogP contribution < -0.4 is 12.4 Å². The molecule has 0 amide bonds. The average Bonchev–Trinajstić information content (AvgIpc) is 3.40. The molecule has 6 heteroatoms. The molecular formula is C29H37Cl2NO3. The molecule has 3 heterocycles. The fourth-order valence-corrected chi connectivity index (χ4v) is 6.91. The van der Waals surface area contributed by atoms with Crippen LogP contribution in [-0.4, -0.2) is 47.3 Å². The van der Waals surface area contributed by atoms with Gasteiger partial charge >= 0.3 is 5.97 Å². The number of carbonyl (C=O) groups excluding carboxylic acids is 1. The van der Waals surface area contributed by atoms with Crippen LogP contribution in [0.2, 0.25) is 0 Å². The summed E-state index contributed by atoms with van der Waals surface area (Å²) in [6.45, 7) is 6.61. The molecule has 3 fully saturated rings. The zero-order chi connectivity index (χ0) is 23.8. The van der Waals surface area contributed by atoms with E-state index < -0.39 is 11.2 Å². The van der Waals surface area contributed by atoms with Gasteiger partial charge in [0, 0.05) is 38.5 Å². The highest BCUT2D eigenvalue weighted by molar-refractivity contribution is 6.20. The summed E-state index contributed by atoms with van der Waals surface area (Å²) in [6.07, 6.45) is 7.03. The van der Waals surface area contributed by atoms with E-state index in [9.17, 15) is 4.79 Å². The van der Waals surface area contributed by atoms with E-state index in [1.54, 1.807) is 0 Å². The number of esters is 1. The summed E-state index contributed by atoms with van der Waals surface area (Å²) in [5, 5.41) is 0. The SMILES string of the molecule is CC(C)C(Cl)OC(C(=O)OC1CC2CCC(C1)[N+]21CCCC1)(c1ccccc1)c1ccccc1.[Cl-]. The summed E-state index contributed by atoms with van der Waals surface area (Å²) in [5.41, 5.74) is -0.553. The highest BCUT2D eigenvalue weighted by Crippen LogP contribution is 2.47. The number of quaternary nitrogens is 1. The molecule has 0 radical (unpaired) electrons. The summed E-state index contributed by atoms with van der Waals surface area (Å²) in [7, 11) is 0. The molecule has 3 atom stereocenters. The standard InChI is InChI=1S/C29H37ClNO3.ClH/c1-21(2)27(30)34-29(22-11-5-3-6-12-22,23-13-7-4-8-14-23)28(32)33-26-19-24-15-16-25(20-26)31(24)17-9-10-18-31;/h3-8,11-14,21,24-27H,9-10,15-20H2,1-2H3;1H/q+1;/p-1. The highest BCUT2D eigenvalue weighted by atomic mass is 35.5. The smallest absolute Gasteiger partial charge is 0.348 e. The average molecular weight is 519 g/mol. The van der Waals surface area contributed by atoms with Crippen LogP contribution in [0.3, 0.4) is 0 Å². The van der Waals surface area contributed by atoms with Crippen molar-refractivity contribution < 1.29 is 31.2 Å². The van der Waals surface area contributed by atoms with Crippen LogP contribution >= 0.6 is 11.6 Å². The second kappa shape index (κ2) is 10.8. The molecule has 4 nitrogen and oxygen atoms in total. The molecule has 3 aliphatic rings. The van der Waals surface area contributed by atoms with Gasteiger partial charge in [-0.1, -0.05) is 86.1 Å². The van der Waals surface area contributed by atoms with Gasteiger partial charge < -0.3 is 26.4 Å². The number of carbonyl (C=O) groups is 1. The van der Waals surface area contributed by atoms with Crippen LogP contribution in [-0.2, 0) is 19.9 Å². The van der Waals surface area contributed by atoms with Crippen molar-refractivity contribution in [1.82, 2.24) is 0 Å². The summed E-state index contributed by atoms with van der Waals surface area (Å²) < 4.78 is 14.2. The molecule has 3 unspecified atom stereocenters. The van der Waals surface area contributed by atoms with Crippen molar-refractivity contribution in [3.63, 3.8) is 0 Å². The molecule has 35 heavy (non-hydrogen) atoms. The Morgan fingerprint density at radius 3 is 1.86 bits per heavy atom. The van der Waals surface area contributed by atoms with Gasteiger partial charge in [0.1, 0.15) is 11.7 Å². The van der Waals surface area contributed by atoms with Gasteiger partial charge in [0.05, 0.1) is 25.2 Å². The first-order chi connectivity index (χ1) is 16.5. The third-order valence-corrected chi connectivity index (χ3v) is 9.08. The van der Waals surface area contributed by atoms with Crippen molar-refractivity contribution in [2.45, 2.75) is 81.7 Å². The third kappa shape index (κ3) is 4.75. The molecule has 1 spiro atoms. The van der Waals surface area contributed by atoms with Gasteiger partial charge in [0.25, 0.3) is 0 Å². The summed E-state index contributed by atoms with van der Waals surface area (Å²) in [4.78, 5) is 14.2. The maximum absolute atomic E-state index is 14.2. The van der Waals surface area contributed by atoms with E-state index in [1.807, 2.05) is 74.5 Å². The van der Waals surface area contributed by atoms with Crippen LogP contribution in [0, 0.1) is 5.92 Å². The largest absolute Gasteiger partial charge is 1.00 e. The lowest BCUT2D eigenvalue weighted by atomic mass is 9.85. The molecule has 5 rings (SSSR count). The van der Waals surface area contributed by atoms with Crippen LogP contribution in [0.5, 0.6) is 0 Å². The highest BCUT2D eigenvalue weighted by Gasteiger charge is 2.57. The zero-order valence-corrected chi connectivity index (χ0v) is 22.3. The molecule has 0 saturated carbocycles. The number of ether oxygens (including phenoxy) is 2. The van der Waals surface area contributed by atoms with Crippen molar-refractivity contribution >= 4 is 17.6 Å². The second-order valence-corrected chi connectivity index (χ2v) is 11.2. The Hall–Kier alpha value is -1.59. The van der Waals surface area contributed by atoms with Gasteiger partial charge in [0.2, 0.25) is 5.60 Å². The number of piperidine rings is 1. The number of benzene rings is 2. The van der Waals surface area contributed by atoms with Crippen molar-refractivity contribution in [2.24, 2.45) is 5.92 Å². The maximum Gasteiger partial charge on any atom is 0.348 e. The Bertz CT molecular complexity index is 922. The Morgan fingerprint density at radius 2 is 1.40 bits per heavy atom. The van der Waals surface area contributed by atoms with Gasteiger partial charge in [-0.2, -0.15) is 0 Å². The van der Waals surface area contributed by atoms with Crippen LogP contribution in [0.15, 0.2) is 60.7 Å². The lowest BCUT2D eigenvalue weighted by Gasteiger charge is -2.47. The number of hydrogen-bond donors (Lipinski definition) is 0. The molecule has 190 valence electrons. The number of rotatable bonds is 7. The van der Waals surface area contributed by atoms with E-state index in [1.165, 1.54) is 43.3 Å². The Morgan fingerprint density at radius 1 is 0.914 bits per heavy atom. The van der Waals surface area contributed by atoms with E-state index in [2.05, 4.69) is 0 Å². The Balaban J connectivity index is 0.00000289. The number of hydrogen-bond acceptors (Lipinski definition) is 3. The van der Waals surface area contributed by atoms with Gasteiger partial charge in [-0.3, -0.25) is 0 Å². The molecule has 0 aliphatic carbocycles. The second-order valence-electron chi connectivity index (χ2n) is 10.8. The number of alkyl halides is 1.